The molecule has 0 spiro atoms. The van der Waals surface area contributed by atoms with E-state index in [1.165, 1.54) is 7.11 Å². The van der Waals surface area contributed by atoms with Crippen LogP contribution in [0.25, 0.3) is 5.69 Å². The minimum Gasteiger partial charge on any atom is -0.453 e. The maximum Gasteiger partial charge on any atom is 0.411 e. The van der Waals surface area contributed by atoms with Crippen LogP contribution in [0.1, 0.15) is 5.56 Å². The van der Waals surface area contributed by atoms with Gasteiger partial charge in [-0.3, -0.25) is 5.32 Å². The van der Waals surface area contributed by atoms with Crippen molar-refractivity contribution in [1.29, 1.82) is 0 Å². The highest BCUT2D eigenvalue weighted by atomic mass is 35.5. The Hall–Kier alpha value is -2.99. The van der Waals surface area contributed by atoms with Crippen LogP contribution in [0.15, 0.2) is 54.7 Å². The highest BCUT2D eigenvalue weighted by molar-refractivity contribution is 6.30. The summed E-state index contributed by atoms with van der Waals surface area (Å²) in [5.41, 5.74) is 2.24. The highest BCUT2D eigenvalue weighted by Gasteiger charge is 2.13. The van der Waals surface area contributed by atoms with Gasteiger partial charge in [-0.15, -0.1) is 5.10 Å². The van der Waals surface area contributed by atoms with Gasteiger partial charge in [0.25, 0.3) is 0 Å². The number of para-hydroxylation sites is 1. The van der Waals surface area contributed by atoms with Gasteiger partial charge >= 0.3 is 6.09 Å². The summed E-state index contributed by atoms with van der Waals surface area (Å²) in [5.74, 6) is 0.875. The van der Waals surface area contributed by atoms with E-state index in [2.05, 4.69) is 15.2 Å². The number of amides is 1. The van der Waals surface area contributed by atoms with Gasteiger partial charge in [0.05, 0.1) is 18.5 Å². The molecule has 0 atom stereocenters. The zero-order valence-electron chi connectivity index (χ0n) is 13.7. The van der Waals surface area contributed by atoms with Gasteiger partial charge in [-0.1, -0.05) is 23.7 Å². The number of nitrogens with zero attached hydrogens (tertiary/aromatic N) is 2. The van der Waals surface area contributed by atoms with Gasteiger partial charge in [0, 0.05) is 17.3 Å². The lowest BCUT2D eigenvalue weighted by molar-refractivity contribution is 0.187. The second kappa shape index (κ2) is 7.27. The van der Waals surface area contributed by atoms with Crippen molar-refractivity contribution in [2.45, 2.75) is 6.92 Å². The molecule has 0 saturated heterocycles. The van der Waals surface area contributed by atoms with Gasteiger partial charge in [-0.05, 0) is 42.8 Å². The second-order valence-corrected chi connectivity index (χ2v) is 5.68. The summed E-state index contributed by atoms with van der Waals surface area (Å²) in [6.45, 7) is 1.87. The molecular weight excluding hydrogens is 342 g/mol. The van der Waals surface area contributed by atoms with E-state index >= 15 is 0 Å². The van der Waals surface area contributed by atoms with Crippen molar-refractivity contribution in [3.63, 3.8) is 0 Å². The highest BCUT2D eigenvalue weighted by Crippen LogP contribution is 2.32. The van der Waals surface area contributed by atoms with E-state index in [-0.39, 0.29) is 0 Å². The van der Waals surface area contributed by atoms with Crippen LogP contribution in [0, 0.1) is 6.92 Å². The lowest BCUT2D eigenvalue weighted by Crippen LogP contribution is -2.12. The molecule has 0 fully saturated rings. The minimum atomic E-state index is -0.564. The van der Waals surface area contributed by atoms with Crippen molar-refractivity contribution < 1.29 is 14.3 Å². The van der Waals surface area contributed by atoms with Crippen molar-refractivity contribution in [2.75, 3.05) is 12.4 Å². The van der Waals surface area contributed by atoms with Gasteiger partial charge in [0.15, 0.2) is 5.75 Å². The third-order valence-corrected chi connectivity index (χ3v) is 3.77. The third kappa shape index (κ3) is 3.92. The molecule has 0 saturated carbocycles. The molecule has 1 amide bonds. The number of methoxy groups -OCH3 is 1. The summed E-state index contributed by atoms with van der Waals surface area (Å²) in [7, 11) is 1.31. The number of aryl methyl sites for hydroxylation is 1. The number of halogens is 1. The maximum atomic E-state index is 11.5. The Labute approximate surface area is 149 Å². The number of carbonyl (C=O) groups excluding carboxylic acids is 1. The Morgan fingerprint density at radius 2 is 1.92 bits per heavy atom. The second-order valence-electron chi connectivity index (χ2n) is 5.24. The van der Waals surface area contributed by atoms with Crippen molar-refractivity contribution in [1.82, 2.24) is 9.78 Å². The van der Waals surface area contributed by atoms with Crippen molar-refractivity contribution in [2.24, 2.45) is 0 Å². The molecule has 0 aliphatic carbocycles. The van der Waals surface area contributed by atoms with E-state index in [0.717, 1.165) is 11.3 Å². The molecule has 0 unspecified atom stereocenters. The lowest BCUT2D eigenvalue weighted by Gasteiger charge is -2.12. The summed E-state index contributed by atoms with van der Waals surface area (Å²) in [6.07, 6.45) is 1.22. The van der Waals surface area contributed by atoms with E-state index in [1.54, 1.807) is 35.1 Å². The maximum absolute atomic E-state index is 11.5. The van der Waals surface area contributed by atoms with Gasteiger partial charge in [-0.2, -0.15) is 0 Å². The molecule has 0 aliphatic heterocycles. The van der Waals surface area contributed by atoms with E-state index in [0.29, 0.717) is 22.3 Å². The van der Waals surface area contributed by atoms with E-state index in [1.807, 2.05) is 31.2 Å². The summed E-state index contributed by atoms with van der Waals surface area (Å²) in [6, 6.07) is 14.5. The minimum absolute atomic E-state index is 0.397. The van der Waals surface area contributed by atoms with Crippen LogP contribution < -0.4 is 10.1 Å². The van der Waals surface area contributed by atoms with Crippen LogP contribution >= 0.6 is 11.6 Å². The first-order chi connectivity index (χ1) is 12.1. The predicted octanol–water partition coefficient (Wildman–Crippen LogP) is 4.80. The van der Waals surface area contributed by atoms with Crippen LogP contribution in [0.3, 0.4) is 0 Å². The number of hydrogen-bond acceptors (Lipinski definition) is 4. The first-order valence-corrected chi connectivity index (χ1v) is 7.88. The molecule has 3 aromatic rings. The fraction of sp³-hybridized carbons (Fsp3) is 0.111. The number of benzene rings is 2. The number of hydrogen-bond donors (Lipinski definition) is 1. The lowest BCUT2D eigenvalue weighted by atomic mass is 10.2. The third-order valence-electron chi connectivity index (χ3n) is 3.52. The van der Waals surface area contributed by atoms with E-state index in [4.69, 9.17) is 16.3 Å². The summed E-state index contributed by atoms with van der Waals surface area (Å²) in [5, 5.41) is 7.70. The van der Waals surface area contributed by atoms with Crippen molar-refractivity contribution in [3.8, 4) is 17.3 Å². The SMILES string of the molecule is COC(=O)Nc1c(C)cccc1Oc1ccn(-c2ccc(Cl)cc2)n1. The first-order valence-electron chi connectivity index (χ1n) is 7.51. The molecule has 7 heteroatoms. The Balaban J connectivity index is 1.85. The molecule has 2 aromatic carbocycles. The van der Waals surface area contributed by atoms with Crippen molar-refractivity contribution >= 4 is 23.4 Å². The van der Waals surface area contributed by atoms with Crippen LogP contribution in [0.5, 0.6) is 11.6 Å². The van der Waals surface area contributed by atoms with Gasteiger partial charge in [0.2, 0.25) is 5.88 Å². The molecule has 0 bridgehead atoms. The van der Waals surface area contributed by atoms with Gasteiger partial charge in [-0.25, -0.2) is 9.48 Å². The zero-order chi connectivity index (χ0) is 17.8. The number of ether oxygens (including phenoxy) is 2. The quantitative estimate of drug-likeness (QED) is 0.728. The Bertz CT molecular complexity index is 891. The Kier molecular flexibility index (Phi) is 4.90. The van der Waals surface area contributed by atoms with E-state index in [9.17, 15) is 4.79 Å². The molecule has 0 radical (unpaired) electrons. The molecule has 128 valence electrons. The smallest absolute Gasteiger partial charge is 0.411 e. The number of nitrogens with one attached hydrogen (secondary N) is 1. The summed E-state index contributed by atoms with van der Waals surface area (Å²) >= 11 is 5.90. The Morgan fingerprint density at radius 1 is 1.16 bits per heavy atom. The van der Waals surface area contributed by atoms with Crippen LogP contribution in [-0.4, -0.2) is 23.0 Å². The summed E-state index contributed by atoms with van der Waals surface area (Å²) < 4.78 is 12.2. The standard InChI is InChI=1S/C18H16ClN3O3/c1-12-4-3-5-15(17(12)20-18(23)24-2)25-16-10-11-22(21-16)14-8-6-13(19)7-9-14/h3-11H,1-2H3,(H,20,23). The average molecular weight is 358 g/mol. The zero-order valence-corrected chi connectivity index (χ0v) is 14.4. The van der Waals surface area contributed by atoms with Crippen LogP contribution in [-0.2, 0) is 4.74 Å². The molecule has 25 heavy (non-hydrogen) atoms. The molecule has 1 aromatic heterocycles. The van der Waals surface area contributed by atoms with Gasteiger partial charge < -0.3 is 9.47 Å². The molecule has 6 nitrogen and oxygen atoms in total. The molecule has 1 heterocycles. The number of aromatic nitrogens is 2. The van der Waals surface area contributed by atoms with Gasteiger partial charge in [0.1, 0.15) is 0 Å². The normalized spacial score (nSPS) is 10.4. The number of carbonyl (C=O) groups is 1. The fourth-order valence-corrected chi connectivity index (χ4v) is 2.38. The Morgan fingerprint density at radius 3 is 2.64 bits per heavy atom. The first kappa shape index (κ1) is 16.9. The molecule has 3 rings (SSSR count). The monoisotopic (exact) mass is 357 g/mol. The molecular formula is C18H16ClN3O3. The average Bonchev–Trinajstić information content (AvgIpc) is 3.07. The fourth-order valence-electron chi connectivity index (χ4n) is 2.25. The largest absolute Gasteiger partial charge is 0.453 e. The number of anilines is 1. The van der Waals surface area contributed by atoms with Crippen molar-refractivity contribution in [3.05, 3.63) is 65.3 Å². The molecule has 1 N–H and O–H groups in total. The summed E-state index contributed by atoms with van der Waals surface area (Å²) in [4.78, 5) is 11.5. The number of rotatable bonds is 4. The van der Waals surface area contributed by atoms with E-state index < -0.39 is 6.09 Å². The van der Waals surface area contributed by atoms with Crippen LogP contribution in [0.4, 0.5) is 10.5 Å². The van der Waals surface area contributed by atoms with Crippen LogP contribution in [0.2, 0.25) is 5.02 Å². The molecule has 0 aliphatic rings. The topological polar surface area (TPSA) is 65.4 Å². The predicted molar refractivity (Wildman–Crippen MR) is 95.9 cm³/mol.